The summed E-state index contributed by atoms with van der Waals surface area (Å²) in [6.45, 7) is 2.43. The summed E-state index contributed by atoms with van der Waals surface area (Å²) >= 11 is 1.35. The Bertz CT molecular complexity index is 945. The predicted molar refractivity (Wildman–Crippen MR) is 119 cm³/mol. The average Bonchev–Trinajstić information content (AvgIpc) is 3.22. The maximum atomic E-state index is 13.6. The highest BCUT2D eigenvalue weighted by molar-refractivity contribution is 7.18. The first-order chi connectivity index (χ1) is 15.0. The zero-order valence-corrected chi connectivity index (χ0v) is 18.2. The lowest BCUT2D eigenvalue weighted by molar-refractivity contribution is -0.138. The van der Waals surface area contributed by atoms with E-state index in [4.69, 9.17) is 4.74 Å². The number of pyridine rings is 1. The molecule has 31 heavy (non-hydrogen) atoms. The van der Waals surface area contributed by atoms with E-state index in [2.05, 4.69) is 22.2 Å². The molecule has 1 aromatic carbocycles. The summed E-state index contributed by atoms with van der Waals surface area (Å²) < 4.78 is 46.2. The highest BCUT2D eigenvalue weighted by Crippen LogP contribution is 2.39. The molecule has 166 valence electrons. The summed E-state index contributed by atoms with van der Waals surface area (Å²) in [6.07, 6.45) is 6.87. The number of halogens is 3. The lowest BCUT2D eigenvalue weighted by atomic mass is 10.1. The molecule has 0 saturated carbocycles. The number of hydrogen-bond donors (Lipinski definition) is 1. The number of alkyl halides is 3. The number of ether oxygens (including phenoxy) is 1. The summed E-state index contributed by atoms with van der Waals surface area (Å²) in [6, 6.07) is 7.75. The number of anilines is 2. The second kappa shape index (κ2) is 11.1. The van der Waals surface area contributed by atoms with Gasteiger partial charge in [0.25, 0.3) is 0 Å². The summed E-state index contributed by atoms with van der Waals surface area (Å²) in [5, 5.41) is 3.47. The number of unbranched alkanes of at least 4 members (excludes halogenated alkanes) is 5. The molecule has 2 heterocycles. The van der Waals surface area contributed by atoms with Crippen LogP contribution in [0.3, 0.4) is 0 Å². The van der Waals surface area contributed by atoms with Crippen molar-refractivity contribution in [2.24, 2.45) is 0 Å². The molecular formula is C23H26F3N3OS. The minimum Gasteiger partial charge on any atom is -0.493 e. The van der Waals surface area contributed by atoms with Crippen LogP contribution in [0.1, 0.15) is 51.0 Å². The second-order valence-corrected chi connectivity index (χ2v) is 8.25. The molecule has 0 radical (unpaired) electrons. The van der Waals surface area contributed by atoms with Crippen molar-refractivity contribution in [2.75, 3.05) is 11.9 Å². The highest BCUT2D eigenvalue weighted by atomic mass is 32.1. The van der Waals surface area contributed by atoms with Crippen LogP contribution in [0, 0.1) is 0 Å². The Kier molecular flexibility index (Phi) is 8.28. The lowest BCUT2D eigenvalue weighted by Crippen LogP contribution is -2.10. The number of hydrogen-bond acceptors (Lipinski definition) is 5. The Hall–Kier alpha value is -2.61. The van der Waals surface area contributed by atoms with E-state index in [0.29, 0.717) is 10.8 Å². The van der Waals surface area contributed by atoms with Gasteiger partial charge in [-0.3, -0.25) is 4.98 Å². The largest absolute Gasteiger partial charge is 0.493 e. The van der Waals surface area contributed by atoms with Crippen molar-refractivity contribution in [1.29, 1.82) is 0 Å². The first-order valence-electron chi connectivity index (χ1n) is 10.4. The van der Waals surface area contributed by atoms with Crippen LogP contribution < -0.4 is 10.1 Å². The molecule has 0 bridgehead atoms. The van der Waals surface area contributed by atoms with Gasteiger partial charge in [0.1, 0.15) is 5.75 Å². The molecule has 4 nitrogen and oxygen atoms in total. The molecule has 0 aliphatic carbocycles. The third-order valence-corrected chi connectivity index (χ3v) is 5.71. The number of aromatic nitrogens is 2. The van der Waals surface area contributed by atoms with Gasteiger partial charge in [-0.25, -0.2) is 4.98 Å². The van der Waals surface area contributed by atoms with E-state index in [-0.39, 0.29) is 12.4 Å². The summed E-state index contributed by atoms with van der Waals surface area (Å²) in [5.74, 6) is -0.137. The molecule has 1 N–H and O–H groups in total. The first-order valence-corrected chi connectivity index (χ1v) is 11.3. The maximum absolute atomic E-state index is 13.6. The van der Waals surface area contributed by atoms with E-state index >= 15 is 0 Å². The molecule has 0 spiro atoms. The van der Waals surface area contributed by atoms with Crippen molar-refractivity contribution in [3.05, 3.63) is 54.5 Å². The summed E-state index contributed by atoms with van der Waals surface area (Å²) in [4.78, 5) is 9.21. The van der Waals surface area contributed by atoms with Crippen LogP contribution in [0.2, 0.25) is 0 Å². The Balaban J connectivity index is 1.64. The van der Waals surface area contributed by atoms with Crippen LogP contribution in [0.4, 0.5) is 24.0 Å². The Labute approximate surface area is 184 Å². The third kappa shape index (κ3) is 6.95. The Morgan fingerprint density at radius 2 is 1.84 bits per heavy atom. The average molecular weight is 450 g/mol. The van der Waals surface area contributed by atoms with Crippen molar-refractivity contribution < 1.29 is 17.9 Å². The van der Waals surface area contributed by atoms with E-state index in [1.54, 1.807) is 24.7 Å². The van der Waals surface area contributed by atoms with Gasteiger partial charge in [-0.2, -0.15) is 13.2 Å². The monoisotopic (exact) mass is 449 g/mol. The van der Waals surface area contributed by atoms with Gasteiger partial charge in [-0.15, -0.1) is 0 Å². The third-order valence-electron chi connectivity index (χ3n) is 4.74. The molecule has 0 unspecified atom stereocenters. The lowest BCUT2D eigenvalue weighted by Gasteiger charge is -2.15. The Morgan fingerprint density at radius 3 is 2.58 bits per heavy atom. The van der Waals surface area contributed by atoms with Gasteiger partial charge in [-0.05, 0) is 30.7 Å². The molecule has 0 saturated heterocycles. The summed E-state index contributed by atoms with van der Waals surface area (Å²) in [5.41, 5.74) is 0.432. The van der Waals surface area contributed by atoms with E-state index in [0.717, 1.165) is 48.6 Å². The molecule has 2 aromatic heterocycles. The van der Waals surface area contributed by atoms with Crippen molar-refractivity contribution in [1.82, 2.24) is 9.97 Å². The molecule has 0 aliphatic heterocycles. The minimum atomic E-state index is -4.50. The molecule has 3 rings (SSSR count). The molecule has 0 atom stereocenters. The number of nitrogens with one attached hydrogen (secondary N) is 1. The molecule has 3 aromatic rings. The van der Waals surface area contributed by atoms with Crippen molar-refractivity contribution >= 4 is 22.2 Å². The van der Waals surface area contributed by atoms with Crippen molar-refractivity contribution in [3.63, 3.8) is 0 Å². The smallest absolute Gasteiger partial charge is 0.420 e. The van der Waals surface area contributed by atoms with Gasteiger partial charge < -0.3 is 10.1 Å². The minimum absolute atomic E-state index is 0.137. The van der Waals surface area contributed by atoms with Gasteiger partial charge in [0.05, 0.1) is 17.0 Å². The van der Waals surface area contributed by atoms with E-state index in [9.17, 15) is 13.2 Å². The van der Waals surface area contributed by atoms with Gasteiger partial charge in [0, 0.05) is 29.8 Å². The maximum Gasteiger partial charge on any atom is 0.420 e. The highest BCUT2D eigenvalue weighted by Gasteiger charge is 2.34. The normalized spacial score (nSPS) is 11.5. The first kappa shape index (κ1) is 23.1. The number of thiazole rings is 1. The fourth-order valence-electron chi connectivity index (χ4n) is 3.12. The molecule has 0 fully saturated rings. The summed E-state index contributed by atoms with van der Waals surface area (Å²) in [7, 11) is 0. The number of benzene rings is 1. The number of rotatable bonds is 11. The van der Waals surface area contributed by atoms with E-state index in [1.807, 2.05) is 12.1 Å². The molecule has 0 aliphatic rings. The topological polar surface area (TPSA) is 47.0 Å². The number of nitrogens with zero attached hydrogens (tertiary/aromatic N) is 2. The predicted octanol–water partition coefficient (Wildman–Crippen LogP) is 7.71. The zero-order chi connectivity index (χ0) is 22.1. The van der Waals surface area contributed by atoms with Gasteiger partial charge in [0.2, 0.25) is 0 Å². The molecular weight excluding hydrogens is 423 g/mol. The van der Waals surface area contributed by atoms with Gasteiger partial charge in [-0.1, -0.05) is 56.4 Å². The second-order valence-electron chi connectivity index (χ2n) is 7.22. The van der Waals surface area contributed by atoms with Crippen LogP contribution in [0.5, 0.6) is 5.75 Å². The fraction of sp³-hybridized carbons (Fsp3) is 0.391. The van der Waals surface area contributed by atoms with E-state index in [1.165, 1.54) is 23.8 Å². The van der Waals surface area contributed by atoms with Crippen LogP contribution >= 0.6 is 11.3 Å². The van der Waals surface area contributed by atoms with Gasteiger partial charge >= 0.3 is 6.18 Å². The Morgan fingerprint density at radius 1 is 1.03 bits per heavy atom. The molecule has 0 amide bonds. The van der Waals surface area contributed by atoms with Crippen LogP contribution in [0.15, 0.2) is 48.9 Å². The van der Waals surface area contributed by atoms with Crippen LogP contribution in [-0.2, 0) is 6.18 Å². The van der Waals surface area contributed by atoms with Crippen molar-refractivity contribution in [2.45, 2.75) is 51.6 Å². The zero-order valence-electron chi connectivity index (χ0n) is 17.4. The quantitative estimate of drug-likeness (QED) is 0.305. The standard InChI is InChI=1S/C23H26F3N3OS/c1-2-3-4-5-6-7-13-30-20-11-10-18(14-19(20)23(24,25)26)29-22-28-16-21(31-22)17-9-8-12-27-15-17/h8-12,14-16H,2-7,13H2,1H3,(H,28,29). The fourth-order valence-corrected chi connectivity index (χ4v) is 3.94. The van der Waals surface area contributed by atoms with E-state index < -0.39 is 11.7 Å². The van der Waals surface area contributed by atoms with Crippen LogP contribution in [0.25, 0.3) is 10.4 Å². The van der Waals surface area contributed by atoms with Crippen LogP contribution in [-0.4, -0.2) is 16.6 Å². The molecule has 8 heteroatoms. The van der Waals surface area contributed by atoms with Crippen molar-refractivity contribution in [3.8, 4) is 16.2 Å². The van der Waals surface area contributed by atoms with Gasteiger partial charge in [0.15, 0.2) is 5.13 Å². The SMILES string of the molecule is CCCCCCCCOc1ccc(Nc2ncc(-c3cccnc3)s2)cc1C(F)(F)F.